The fraction of sp³-hybridized carbons (Fsp3) is 0.533. The van der Waals surface area contributed by atoms with Crippen LogP contribution in [0.3, 0.4) is 0 Å². The van der Waals surface area contributed by atoms with E-state index in [2.05, 4.69) is 5.32 Å². The molecule has 1 aliphatic carbocycles. The molecule has 0 atom stereocenters. The highest BCUT2D eigenvalue weighted by Gasteiger charge is 2.15. The van der Waals surface area contributed by atoms with Gasteiger partial charge in [0.15, 0.2) is 0 Å². The van der Waals surface area contributed by atoms with Crippen LogP contribution in [0.4, 0.5) is 5.69 Å². The second kappa shape index (κ2) is 6.57. The molecular weight excluding hydrogens is 240 g/mol. The summed E-state index contributed by atoms with van der Waals surface area (Å²) in [4.78, 5) is 11.9. The third-order valence-electron chi connectivity index (χ3n) is 3.41. The normalized spacial score (nSPS) is 15.6. The first-order chi connectivity index (χ1) is 9.15. The Bertz CT molecular complexity index is 420. The monoisotopic (exact) mass is 262 g/mol. The number of nitrogens with one attached hydrogen (secondary N) is 1. The molecule has 0 spiro atoms. The molecule has 2 rings (SSSR count). The minimum absolute atomic E-state index is 0.0922. The lowest BCUT2D eigenvalue weighted by Crippen LogP contribution is -2.28. The molecule has 0 unspecified atom stereocenters. The second-order valence-corrected chi connectivity index (χ2v) is 5.17. The molecule has 0 aromatic heterocycles. The van der Waals surface area contributed by atoms with E-state index in [-0.39, 0.29) is 5.91 Å². The zero-order valence-electron chi connectivity index (χ0n) is 11.4. The molecule has 0 bridgehead atoms. The average molecular weight is 262 g/mol. The van der Waals surface area contributed by atoms with Crippen LogP contribution < -0.4 is 11.1 Å². The number of ether oxygens (including phenoxy) is 1. The molecule has 4 heteroatoms. The van der Waals surface area contributed by atoms with E-state index < -0.39 is 0 Å². The van der Waals surface area contributed by atoms with Crippen molar-refractivity contribution in [1.82, 2.24) is 5.32 Å². The number of carbonyl (C=O) groups is 1. The van der Waals surface area contributed by atoms with Crippen molar-refractivity contribution in [2.45, 2.75) is 38.7 Å². The predicted molar refractivity (Wildman–Crippen MR) is 76.1 cm³/mol. The van der Waals surface area contributed by atoms with Gasteiger partial charge in [-0.3, -0.25) is 4.79 Å². The first-order valence-electron chi connectivity index (χ1n) is 6.92. The first-order valence-corrected chi connectivity index (χ1v) is 6.92. The highest BCUT2D eigenvalue weighted by molar-refractivity contribution is 5.95. The van der Waals surface area contributed by atoms with E-state index in [9.17, 15) is 4.79 Å². The Morgan fingerprint density at radius 2 is 2.11 bits per heavy atom. The van der Waals surface area contributed by atoms with Gasteiger partial charge < -0.3 is 15.8 Å². The molecule has 0 radical (unpaired) electrons. The summed E-state index contributed by atoms with van der Waals surface area (Å²) >= 11 is 0. The molecule has 4 nitrogen and oxygen atoms in total. The second-order valence-electron chi connectivity index (χ2n) is 5.17. The average Bonchev–Trinajstić information content (AvgIpc) is 2.86. The molecule has 1 amide bonds. The van der Waals surface area contributed by atoms with Gasteiger partial charge in [-0.05, 0) is 43.5 Å². The summed E-state index contributed by atoms with van der Waals surface area (Å²) in [5.41, 5.74) is 7.95. The maximum absolute atomic E-state index is 11.9. The molecule has 1 saturated carbocycles. The number of anilines is 1. The van der Waals surface area contributed by atoms with E-state index in [1.807, 2.05) is 19.1 Å². The number of nitrogen functional groups attached to an aromatic ring is 1. The van der Waals surface area contributed by atoms with Gasteiger partial charge in [0.05, 0.1) is 12.7 Å². The number of hydrogen-bond acceptors (Lipinski definition) is 3. The molecule has 104 valence electrons. The van der Waals surface area contributed by atoms with Gasteiger partial charge in [-0.15, -0.1) is 0 Å². The fourth-order valence-corrected chi connectivity index (χ4v) is 2.49. The SMILES string of the molecule is Cc1cc(N)cc(C(=O)NCCOC2CCCC2)c1. The van der Waals surface area contributed by atoms with Gasteiger partial charge in [0.1, 0.15) is 0 Å². The topological polar surface area (TPSA) is 64.4 Å². The molecule has 1 aliphatic rings. The molecule has 1 aromatic carbocycles. The van der Waals surface area contributed by atoms with Crippen molar-refractivity contribution in [2.75, 3.05) is 18.9 Å². The first kappa shape index (κ1) is 13.9. The highest BCUT2D eigenvalue weighted by Crippen LogP contribution is 2.20. The Morgan fingerprint density at radius 3 is 2.79 bits per heavy atom. The van der Waals surface area contributed by atoms with Crippen molar-refractivity contribution in [3.8, 4) is 0 Å². The minimum atomic E-state index is -0.0922. The number of nitrogens with two attached hydrogens (primary N) is 1. The summed E-state index contributed by atoms with van der Waals surface area (Å²) in [6, 6.07) is 5.38. The zero-order valence-corrected chi connectivity index (χ0v) is 11.4. The van der Waals surface area contributed by atoms with E-state index in [1.54, 1.807) is 6.07 Å². The van der Waals surface area contributed by atoms with E-state index in [0.29, 0.717) is 30.5 Å². The number of rotatable bonds is 5. The number of aryl methyl sites for hydroxylation is 1. The van der Waals surface area contributed by atoms with Gasteiger partial charge in [0.2, 0.25) is 0 Å². The van der Waals surface area contributed by atoms with Crippen molar-refractivity contribution in [1.29, 1.82) is 0 Å². The summed E-state index contributed by atoms with van der Waals surface area (Å²) in [7, 11) is 0. The van der Waals surface area contributed by atoms with Crippen molar-refractivity contribution in [3.05, 3.63) is 29.3 Å². The molecule has 0 aliphatic heterocycles. The molecule has 0 saturated heterocycles. The Labute approximate surface area is 114 Å². The van der Waals surface area contributed by atoms with Crippen LogP contribution in [0.2, 0.25) is 0 Å². The lowest BCUT2D eigenvalue weighted by molar-refractivity contribution is 0.0582. The smallest absolute Gasteiger partial charge is 0.251 e. The molecule has 0 heterocycles. The molecule has 1 fully saturated rings. The van der Waals surface area contributed by atoms with E-state index in [1.165, 1.54) is 12.8 Å². The van der Waals surface area contributed by atoms with Crippen LogP contribution in [-0.4, -0.2) is 25.2 Å². The number of benzene rings is 1. The maximum atomic E-state index is 11.9. The molecule has 3 N–H and O–H groups in total. The van der Waals surface area contributed by atoms with Gasteiger partial charge >= 0.3 is 0 Å². The van der Waals surface area contributed by atoms with Crippen LogP contribution in [0.15, 0.2) is 18.2 Å². The van der Waals surface area contributed by atoms with Crippen molar-refractivity contribution >= 4 is 11.6 Å². The van der Waals surface area contributed by atoms with Crippen LogP contribution in [0.5, 0.6) is 0 Å². The minimum Gasteiger partial charge on any atom is -0.399 e. The highest BCUT2D eigenvalue weighted by atomic mass is 16.5. The molecule has 1 aromatic rings. The maximum Gasteiger partial charge on any atom is 0.251 e. The van der Waals surface area contributed by atoms with Gasteiger partial charge in [-0.2, -0.15) is 0 Å². The molecular formula is C15H22N2O2. The third-order valence-corrected chi connectivity index (χ3v) is 3.41. The number of amides is 1. The number of carbonyl (C=O) groups excluding carboxylic acids is 1. The third kappa shape index (κ3) is 4.24. The lowest BCUT2D eigenvalue weighted by Gasteiger charge is -2.11. The van der Waals surface area contributed by atoms with Crippen LogP contribution in [0.25, 0.3) is 0 Å². The number of hydrogen-bond donors (Lipinski definition) is 2. The van der Waals surface area contributed by atoms with Gasteiger partial charge in [0.25, 0.3) is 5.91 Å². The summed E-state index contributed by atoms with van der Waals surface area (Å²) in [6.07, 6.45) is 5.23. The summed E-state index contributed by atoms with van der Waals surface area (Å²) in [5, 5.41) is 2.86. The zero-order chi connectivity index (χ0) is 13.7. The summed E-state index contributed by atoms with van der Waals surface area (Å²) < 4.78 is 5.70. The Balaban J connectivity index is 1.74. The van der Waals surface area contributed by atoms with E-state index in [4.69, 9.17) is 10.5 Å². The van der Waals surface area contributed by atoms with E-state index >= 15 is 0 Å². The van der Waals surface area contributed by atoms with Crippen LogP contribution in [0.1, 0.15) is 41.6 Å². The van der Waals surface area contributed by atoms with Crippen molar-refractivity contribution < 1.29 is 9.53 Å². The Hall–Kier alpha value is -1.55. The van der Waals surface area contributed by atoms with Gasteiger partial charge in [-0.25, -0.2) is 0 Å². The standard InChI is InChI=1S/C15H22N2O2/c1-11-8-12(10-13(16)9-11)15(18)17-6-7-19-14-4-2-3-5-14/h8-10,14H,2-7,16H2,1H3,(H,17,18). The van der Waals surface area contributed by atoms with Crippen LogP contribution in [0, 0.1) is 6.92 Å². The molecule has 19 heavy (non-hydrogen) atoms. The van der Waals surface area contributed by atoms with Crippen molar-refractivity contribution in [2.24, 2.45) is 0 Å². The quantitative estimate of drug-likeness (QED) is 0.632. The van der Waals surface area contributed by atoms with Gasteiger partial charge in [0, 0.05) is 17.8 Å². The summed E-state index contributed by atoms with van der Waals surface area (Å²) in [6.45, 7) is 3.05. The summed E-state index contributed by atoms with van der Waals surface area (Å²) in [5.74, 6) is -0.0922. The van der Waals surface area contributed by atoms with Gasteiger partial charge in [-0.1, -0.05) is 12.8 Å². The Morgan fingerprint density at radius 1 is 1.37 bits per heavy atom. The fourth-order valence-electron chi connectivity index (χ4n) is 2.49. The van der Waals surface area contributed by atoms with E-state index in [0.717, 1.165) is 18.4 Å². The largest absolute Gasteiger partial charge is 0.399 e. The lowest BCUT2D eigenvalue weighted by atomic mass is 10.1. The predicted octanol–water partition coefficient (Wildman–Crippen LogP) is 2.27. The Kier molecular flexibility index (Phi) is 4.80. The van der Waals surface area contributed by atoms with Crippen LogP contribution in [-0.2, 0) is 4.74 Å². The van der Waals surface area contributed by atoms with Crippen LogP contribution >= 0.6 is 0 Å². The van der Waals surface area contributed by atoms with Crippen molar-refractivity contribution in [3.63, 3.8) is 0 Å².